The molecular weight excluding hydrogens is 250 g/mol. The molecule has 0 aliphatic rings. The van der Waals surface area contributed by atoms with Crippen LogP contribution < -0.4 is 5.32 Å². The van der Waals surface area contributed by atoms with Gasteiger partial charge in [0.05, 0.1) is 6.10 Å². The van der Waals surface area contributed by atoms with Gasteiger partial charge in [-0.2, -0.15) is 0 Å². The van der Waals surface area contributed by atoms with Crippen LogP contribution in [0.3, 0.4) is 0 Å². The number of hydrogen-bond acceptors (Lipinski definition) is 2. The van der Waals surface area contributed by atoms with Crippen LogP contribution in [0.25, 0.3) is 0 Å². The lowest BCUT2D eigenvalue weighted by Gasteiger charge is -2.25. The second-order valence-electron chi connectivity index (χ2n) is 5.61. The predicted molar refractivity (Wildman–Crippen MR) is 74.0 cm³/mol. The average Bonchev–Trinajstić information content (AvgIpc) is 2.22. The molecule has 1 rings (SSSR count). The molecule has 0 saturated carbocycles. The van der Waals surface area contributed by atoms with Crippen molar-refractivity contribution in [1.82, 2.24) is 5.32 Å². The van der Waals surface area contributed by atoms with Gasteiger partial charge in [-0.25, -0.2) is 0 Å². The Balaban J connectivity index is 2.66. The number of aliphatic hydroxyl groups excluding tert-OH is 1. The number of carbonyl (C=O) groups is 1. The molecule has 1 aromatic rings. The molecule has 100 valence electrons. The fourth-order valence-corrected chi connectivity index (χ4v) is 1.75. The number of amides is 1. The van der Waals surface area contributed by atoms with Gasteiger partial charge in [-0.3, -0.25) is 4.79 Å². The standard InChI is InChI=1S/C14H20ClNO2/c1-9-5-10(7-11(15)6-9)13(18)16-8-12(17)14(2,3)4/h5-7,12,17H,8H2,1-4H3,(H,16,18). The Morgan fingerprint density at radius 2 is 2.00 bits per heavy atom. The van der Waals surface area contributed by atoms with Gasteiger partial charge in [0.2, 0.25) is 0 Å². The number of hydrogen-bond donors (Lipinski definition) is 2. The molecule has 0 fully saturated rings. The highest BCUT2D eigenvalue weighted by molar-refractivity contribution is 6.31. The van der Waals surface area contributed by atoms with E-state index in [1.54, 1.807) is 18.2 Å². The molecular formula is C14H20ClNO2. The summed E-state index contributed by atoms with van der Waals surface area (Å²) < 4.78 is 0. The molecule has 3 nitrogen and oxygen atoms in total. The van der Waals surface area contributed by atoms with Gasteiger partial charge < -0.3 is 10.4 Å². The number of aliphatic hydroxyl groups is 1. The maximum absolute atomic E-state index is 11.9. The van der Waals surface area contributed by atoms with Gasteiger partial charge >= 0.3 is 0 Å². The zero-order chi connectivity index (χ0) is 13.9. The van der Waals surface area contributed by atoms with Gasteiger partial charge in [0.15, 0.2) is 0 Å². The molecule has 0 spiro atoms. The van der Waals surface area contributed by atoms with Crippen molar-refractivity contribution in [3.8, 4) is 0 Å². The Morgan fingerprint density at radius 3 is 2.50 bits per heavy atom. The second-order valence-corrected chi connectivity index (χ2v) is 6.05. The van der Waals surface area contributed by atoms with Crippen LogP contribution in [-0.4, -0.2) is 23.7 Å². The summed E-state index contributed by atoms with van der Waals surface area (Å²) in [6.45, 7) is 7.88. The summed E-state index contributed by atoms with van der Waals surface area (Å²) in [5.41, 5.74) is 1.20. The molecule has 2 N–H and O–H groups in total. The first-order valence-corrected chi connectivity index (χ1v) is 6.31. The minimum Gasteiger partial charge on any atom is -0.391 e. The summed E-state index contributed by atoms with van der Waals surface area (Å²) in [6, 6.07) is 5.18. The molecule has 0 aliphatic carbocycles. The third-order valence-corrected chi connectivity index (χ3v) is 2.98. The lowest BCUT2D eigenvalue weighted by molar-refractivity contribution is 0.0587. The van der Waals surface area contributed by atoms with E-state index in [0.717, 1.165) is 5.56 Å². The number of aryl methyl sites for hydroxylation is 1. The lowest BCUT2D eigenvalue weighted by Crippen LogP contribution is -2.39. The van der Waals surface area contributed by atoms with E-state index in [9.17, 15) is 9.90 Å². The molecule has 1 unspecified atom stereocenters. The third-order valence-electron chi connectivity index (χ3n) is 2.76. The molecule has 1 atom stereocenters. The Kier molecular flexibility index (Phi) is 4.77. The highest BCUT2D eigenvalue weighted by atomic mass is 35.5. The van der Waals surface area contributed by atoms with Gasteiger partial charge in [0.25, 0.3) is 5.91 Å². The predicted octanol–water partition coefficient (Wildman–Crippen LogP) is 2.79. The van der Waals surface area contributed by atoms with Gasteiger partial charge in [-0.15, -0.1) is 0 Å². The summed E-state index contributed by atoms with van der Waals surface area (Å²) in [5, 5.41) is 13.1. The van der Waals surface area contributed by atoms with Gasteiger partial charge in [0, 0.05) is 17.1 Å². The van der Waals surface area contributed by atoms with Crippen molar-refractivity contribution in [3.63, 3.8) is 0 Å². The van der Waals surface area contributed by atoms with Crippen molar-refractivity contribution in [2.24, 2.45) is 5.41 Å². The van der Waals surface area contributed by atoms with Crippen molar-refractivity contribution in [3.05, 3.63) is 34.3 Å². The van der Waals surface area contributed by atoms with Crippen LogP contribution in [0.4, 0.5) is 0 Å². The molecule has 1 amide bonds. The third kappa shape index (κ3) is 4.31. The maximum Gasteiger partial charge on any atom is 0.251 e. The van der Waals surface area contributed by atoms with Crippen LogP contribution in [-0.2, 0) is 0 Å². The summed E-state index contributed by atoms with van der Waals surface area (Å²) in [6.07, 6.45) is -0.582. The first kappa shape index (κ1) is 15.0. The van der Waals surface area contributed by atoms with Crippen LogP contribution >= 0.6 is 11.6 Å². The van der Waals surface area contributed by atoms with E-state index >= 15 is 0 Å². The second kappa shape index (κ2) is 5.72. The monoisotopic (exact) mass is 269 g/mol. The van der Waals surface area contributed by atoms with Crippen molar-refractivity contribution in [1.29, 1.82) is 0 Å². The van der Waals surface area contributed by atoms with Crippen LogP contribution in [0.15, 0.2) is 18.2 Å². The Bertz CT molecular complexity index is 418. The van der Waals surface area contributed by atoms with Crippen molar-refractivity contribution in [2.75, 3.05) is 6.54 Å². The summed E-state index contributed by atoms with van der Waals surface area (Å²) >= 11 is 5.90. The fourth-order valence-electron chi connectivity index (χ4n) is 1.47. The van der Waals surface area contributed by atoms with E-state index in [1.807, 2.05) is 27.7 Å². The summed E-state index contributed by atoms with van der Waals surface area (Å²) in [7, 11) is 0. The van der Waals surface area contributed by atoms with E-state index in [0.29, 0.717) is 10.6 Å². The number of carbonyl (C=O) groups excluding carboxylic acids is 1. The zero-order valence-corrected chi connectivity index (χ0v) is 12.0. The lowest BCUT2D eigenvalue weighted by atomic mass is 9.89. The van der Waals surface area contributed by atoms with E-state index < -0.39 is 6.10 Å². The van der Waals surface area contributed by atoms with Crippen LogP contribution in [0.1, 0.15) is 36.7 Å². The fraction of sp³-hybridized carbons (Fsp3) is 0.500. The topological polar surface area (TPSA) is 49.3 Å². The van der Waals surface area contributed by atoms with E-state index in [2.05, 4.69) is 5.32 Å². The molecule has 0 radical (unpaired) electrons. The van der Waals surface area contributed by atoms with Crippen LogP contribution in [0.2, 0.25) is 5.02 Å². The first-order valence-electron chi connectivity index (χ1n) is 5.93. The van der Waals surface area contributed by atoms with Crippen molar-refractivity contribution >= 4 is 17.5 Å². The Labute approximate surface area is 113 Å². The minimum absolute atomic E-state index is 0.219. The summed E-state index contributed by atoms with van der Waals surface area (Å²) in [4.78, 5) is 11.9. The molecule has 0 heterocycles. The minimum atomic E-state index is -0.582. The average molecular weight is 270 g/mol. The normalized spacial score (nSPS) is 13.2. The quantitative estimate of drug-likeness (QED) is 0.887. The van der Waals surface area contributed by atoms with Gasteiger partial charge in [-0.1, -0.05) is 32.4 Å². The Morgan fingerprint density at radius 1 is 1.39 bits per heavy atom. The van der Waals surface area contributed by atoms with Crippen molar-refractivity contribution < 1.29 is 9.90 Å². The SMILES string of the molecule is Cc1cc(Cl)cc(C(=O)NCC(O)C(C)(C)C)c1. The largest absolute Gasteiger partial charge is 0.391 e. The number of nitrogens with one attached hydrogen (secondary N) is 1. The van der Waals surface area contributed by atoms with E-state index in [1.165, 1.54) is 0 Å². The molecule has 0 bridgehead atoms. The van der Waals surface area contributed by atoms with Crippen LogP contribution in [0.5, 0.6) is 0 Å². The molecule has 0 saturated heterocycles. The highest BCUT2D eigenvalue weighted by Gasteiger charge is 2.22. The first-order chi connectivity index (χ1) is 8.20. The number of halogens is 1. The van der Waals surface area contributed by atoms with E-state index in [-0.39, 0.29) is 17.9 Å². The van der Waals surface area contributed by atoms with Gasteiger partial charge in [0.1, 0.15) is 0 Å². The molecule has 1 aromatic carbocycles. The van der Waals surface area contributed by atoms with Gasteiger partial charge in [-0.05, 0) is 36.1 Å². The van der Waals surface area contributed by atoms with E-state index in [4.69, 9.17) is 11.6 Å². The maximum atomic E-state index is 11.9. The smallest absolute Gasteiger partial charge is 0.251 e. The molecule has 0 aliphatic heterocycles. The number of rotatable bonds is 3. The molecule has 18 heavy (non-hydrogen) atoms. The molecule has 4 heteroatoms. The highest BCUT2D eigenvalue weighted by Crippen LogP contribution is 2.18. The molecule has 0 aromatic heterocycles. The number of benzene rings is 1. The van der Waals surface area contributed by atoms with Crippen molar-refractivity contribution in [2.45, 2.75) is 33.8 Å². The summed E-state index contributed by atoms with van der Waals surface area (Å²) in [5.74, 6) is -0.219. The Hall–Kier alpha value is -1.06. The zero-order valence-electron chi connectivity index (χ0n) is 11.2. The van der Waals surface area contributed by atoms with Crippen LogP contribution in [0, 0.1) is 12.3 Å².